The second-order valence-corrected chi connectivity index (χ2v) is 8.52. The van der Waals surface area contributed by atoms with Gasteiger partial charge in [0.15, 0.2) is 5.96 Å². The van der Waals surface area contributed by atoms with Crippen molar-refractivity contribution < 1.29 is 8.42 Å². The molecule has 1 aromatic rings. The number of aliphatic imine (C=N–C) groups is 1. The second kappa shape index (κ2) is 9.23. The maximum absolute atomic E-state index is 11.1. The predicted molar refractivity (Wildman–Crippen MR) is 109 cm³/mol. The Morgan fingerprint density at radius 3 is 2.46 bits per heavy atom. The van der Waals surface area contributed by atoms with Crippen molar-refractivity contribution in [3.05, 3.63) is 29.3 Å². The van der Waals surface area contributed by atoms with Gasteiger partial charge in [-0.25, -0.2) is 13.1 Å². The summed E-state index contributed by atoms with van der Waals surface area (Å²) >= 11 is 0. The molecule has 2 rings (SSSR count). The van der Waals surface area contributed by atoms with Crippen molar-refractivity contribution in [1.82, 2.24) is 14.9 Å². The number of hydrogen-bond donors (Lipinski definition) is 2. The van der Waals surface area contributed by atoms with Crippen molar-refractivity contribution in [2.24, 2.45) is 4.99 Å². The second-order valence-electron chi connectivity index (χ2n) is 6.69. The summed E-state index contributed by atoms with van der Waals surface area (Å²) in [6.45, 7) is 9.20. The molecule has 0 spiro atoms. The molecular formula is C18H31N5O2S. The molecule has 1 aromatic carbocycles. The zero-order valence-electron chi connectivity index (χ0n) is 16.2. The van der Waals surface area contributed by atoms with Gasteiger partial charge in [0.2, 0.25) is 10.0 Å². The molecule has 0 radical (unpaired) electrons. The number of rotatable bonds is 6. The fourth-order valence-electron chi connectivity index (χ4n) is 3.12. The highest BCUT2D eigenvalue weighted by atomic mass is 32.2. The first-order valence-electron chi connectivity index (χ1n) is 9.03. The van der Waals surface area contributed by atoms with Gasteiger partial charge in [0.05, 0.1) is 6.26 Å². The van der Waals surface area contributed by atoms with Crippen molar-refractivity contribution in [3.8, 4) is 0 Å². The van der Waals surface area contributed by atoms with E-state index in [1.807, 2.05) is 0 Å². The molecule has 0 aromatic heterocycles. The molecule has 0 bridgehead atoms. The molecule has 0 amide bonds. The first-order chi connectivity index (χ1) is 12.3. The Morgan fingerprint density at radius 2 is 1.85 bits per heavy atom. The monoisotopic (exact) mass is 381 g/mol. The zero-order valence-corrected chi connectivity index (χ0v) is 17.1. The van der Waals surface area contributed by atoms with Crippen molar-refractivity contribution in [3.63, 3.8) is 0 Å². The standard InChI is InChI=1S/C18H31N5O2S/c1-15-7-5-8-17(16(15)2)22-11-13-23(14-12-22)18(19-3)20-9-6-10-21-26(4,24)25/h5,7-8,21H,6,9-14H2,1-4H3,(H,19,20). The van der Waals surface area contributed by atoms with E-state index < -0.39 is 10.0 Å². The molecule has 1 aliphatic rings. The van der Waals surface area contributed by atoms with Crippen LogP contribution in [0.4, 0.5) is 5.69 Å². The van der Waals surface area contributed by atoms with Crippen LogP contribution in [0.25, 0.3) is 0 Å². The lowest BCUT2D eigenvalue weighted by Crippen LogP contribution is -2.53. The molecule has 1 heterocycles. The van der Waals surface area contributed by atoms with E-state index in [-0.39, 0.29) is 0 Å². The van der Waals surface area contributed by atoms with Crippen LogP contribution in [-0.4, -0.2) is 71.8 Å². The fraction of sp³-hybridized carbons (Fsp3) is 0.611. The Bertz CT molecular complexity index is 725. The average Bonchev–Trinajstić information content (AvgIpc) is 2.60. The molecule has 146 valence electrons. The van der Waals surface area contributed by atoms with Gasteiger partial charge in [-0.3, -0.25) is 4.99 Å². The molecule has 0 aliphatic carbocycles. The number of anilines is 1. The normalized spacial score (nSPS) is 16.1. The molecule has 26 heavy (non-hydrogen) atoms. The first-order valence-corrected chi connectivity index (χ1v) is 10.9. The highest BCUT2D eigenvalue weighted by Crippen LogP contribution is 2.23. The minimum absolute atomic E-state index is 0.434. The number of sulfonamides is 1. The van der Waals surface area contributed by atoms with E-state index in [0.29, 0.717) is 19.5 Å². The topological polar surface area (TPSA) is 77.0 Å². The van der Waals surface area contributed by atoms with Crippen LogP contribution in [0.1, 0.15) is 17.5 Å². The SMILES string of the molecule is CN=C(NCCCNS(C)(=O)=O)N1CCN(c2cccc(C)c2C)CC1. The van der Waals surface area contributed by atoms with E-state index in [1.165, 1.54) is 23.1 Å². The van der Waals surface area contributed by atoms with Crippen LogP contribution in [0.2, 0.25) is 0 Å². The van der Waals surface area contributed by atoms with Gasteiger partial charge >= 0.3 is 0 Å². The van der Waals surface area contributed by atoms with E-state index in [1.54, 1.807) is 7.05 Å². The highest BCUT2D eigenvalue weighted by Gasteiger charge is 2.20. The zero-order chi connectivity index (χ0) is 19.2. The van der Waals surface area contributed by atoms with E-state index in [4.69, 9.17) is 0 Å². The molecule has 0 saturated carbocycles. The third-order valence-corrected chi connectivity index (χ3v) is 5.44. The quantitative estimate of drug-likeness (QED) is 0.436. The average molecular weight is 382 g/mol. The van der Waals surface area contributed by atoms with Crippen LogP contribution in [0.5, 0.6) is 0 Å². The van der Waals surface area contributed by atoms with E-state index in [0.717, 1.165) is 32.1 Å². The Labute approximate surface area is 157 Å². The van der Waals surface area contributed by atoms with Gasteiger partial charge in [0.25, 0.3) is 0 Å². The minimum Gasteiger partial charge on any atom is -0.368 e. The molecule has 1 aliphatic heterocycles. The maximum atomic E-state index is 11.1. The molecule has 0 atom stereocenters. The number of aryl methyl sites for hydroxylation is 1. The molecule has 0 unspecified atom stereocenters. The number of nitrogens with one attached hydrogen (secondary N) is 2. The Morgan fingerprint density at radius 1 is 1.15 bits per heavy atom. The maximum Gasteiger partial charge on any atom is 0.208 e. The number of nitrogens with zero attached hydrogens (tertiary/aromatic N) is 3. The lowest BCUT2D eigenvalue weighted by molar-refractivity contribution is 0.372. The van der Waals surface area contributed by atoms with Gasteiger partial charge in [0.1, 0.15) is 0 Å². The Kier molecular flexibility index (Phi) is 7.28. The highest BCUT2D eigenvalue weighted by molar-refractivity contribution is 7.88. The van der Waals surface area contributed by atoms with Gasteiger partial charge in [0, 0.05) is 52.0 Å². The lowest BCUT2D eigenvalue weighted by atomic mass is 10.1. The van der Waals surface area contributed by atoms with Crippen LogP contribution < -0.4 is 14.9 Å². The Balaban J connectivity index is 1.81. The van der Waals surface area contributed by atoms with Gasteiger partial charge in [-0.1, -0.05) is 12.1 Å². The minimum atomic E-state index is -3.11. The van der Waals surface area contributed by atoms with Crippen LogP contribution >= 0.6 is 0 Å². The molecular weight excluding hydrogens is 350 g/mol. The molecule has 2 N–H and O–H groups in total. The lowest BCUT2D eigenvalue weighted by Gasteiger charge is -2.38. The summed E-state index contributed by atoms with van der Waals surface area (Å²) in [5.41, 5.74) is 3.99. The van der Waals surface area contributed by atoms with Gasteiger partial charge in [-0.2, -0.15) is 0 Å². The summed E-state index contributed by atoms with van der Waals surface area (Å²) in [7, 11) is -1.33. The van der Waals surface area contributed by atoms with E-state index in [2.05, 4.69) is 56.9 Å². The third kappa shape index (κ3) is 5.88. The van der Waals surface area contributed by atoms with Crippen LogP contribution in [0, 0.1) is 13.8 Å². The Hall–Kier alpha value is -1.80. The number of benzene rings is 1. The molecule has 7 nitrogen and oxygen atoms in total. The van der Waals surface area contributed by atoms with Crippen molar-refractivity contribution >= 4 is 21.7 Å². The molecule has 1 saturated heterocycles. The van der Waals surface area contributed by atoms with Crippen LogP contribution in [0.15, 0.2) is 23.2 Å². The first kappa shape index (κ1) is 20.5. The van der Waals surface area contributed by atoms with Crippen LogP contribution in [0.3, 0.4) is 0 Å². The van der Waals surface area contributed by atoms with Crippen molar-refractivity contribution in [2.45, 2.75) is 20.3 Å². The van der Waals surface area contributed by atoms with Crippen LogP contribution in [-0.2, 0) is 10.0 Å². The fourth-order valence-corrected chi connectivity index (χ4v) is 3.63. The largest absolute Gasteiger partial charge is 0.368 e. The van der Waals surface area contributed by atoms with Gasteiger partial charge in [-0.05, 0) is 37.5 Å². The third-order valence-electron chi connectivity index (χ3n) is 4.71. The van der Waals surface area contributed by atoms with Crippen molar-refractivity contribution in [2.75, 3.05) is 57.5 Å². The van der Waals surface area contributed by atoms with E-state index in [9.17, 15) is 8.42 Å². The molecule has 8 heteroatoms. The van der Waals surface area contributed by atoms with Crippen molar-refractivity contribution in [1.29, 1.82) is 0 Å². The number of piperazine rings is 1. The summed E-state index contributed by atoms with van der Waals surface area (Å²) in [6.07, 6.45) is 1.89. The van der Waals surface area contributed by atoms with E-state index >= 15 is 0 Å². The number of hydrogen-bond acceptors (Lipinski definition) is 4. The summed E-state index contributed by atoms with van der Waals surface area (Å²) < 4.78 is 24.6. The van der Waals surface area contributed by atoms with Gasteiger partial charge < -0.3 is 15.1 Å². The molecule has 1 fully saturated rings. The summed E-state index contributed by atoms with van der Waals surface area (Å²) in [4.78, 5) is 9.05. The van der Waals surface area contributed by atoms with Gasteiger partial charge in [-0.15, -0.1) is 0 Å². The predicted octanol–water partition coefficient (Wildman–Crippen LogP) is 0.940. The number of guanidine groups is 1. The summed E-state index contributed by atoms with van der Waals surface area (Å²) in [6, 6.07) is 6.47. The smallest absolute Gasteiger partial charge is 0.208 e. The summed E-state index contributed by atoms with van der Waals surface area (Å²) in [5, 5.41) is 3.32. The summed E-state index contributed by atoms with van der Waals surface area (Å²) in [5.74, 6) is 0.880.